The Morgan fingerprint density at radius 3 is 2.13 bits per heavy atom. The molecular weight excluding hydrogens is 393 g/mol. The minimum atomic E-state index is -0.620. The van der Waals surface area contributed by atoms with Crippen LogP contribution < -0.4 is 5.32 Å². The summed E-state index contributed by atoms with van der Waals surface area (Å²) in [5.41, 5.74) is 2.10. The van der Waals surface area contributed by atoms with Crippen LogP contribution in [-0.2, 0) is 20.7 Å². The number of rotatable bonds is 7. The number of carbonyl (C=O) groups excluding carboxylic acids is 2. The van der Waals surface area contributed by atoms with Crippen molar-refractivity contribution < 1.29 is 23.6 Å². The van der Waals surface area contributed by atoms with E-state index in [4.69, 9.17) is 14.0 Å². The van der Waals surface area contributed by atoms with Crippen molar-refractivity contribution >= 4 is 25.6 Å². The van der Waals surface area contributed by atoms with Crippen LogP contribution in [0.4, 0.5) is 4.79 Å². The summed E-state index contributed by atoms with van der Waals surface area (Å²) < 4.78 is 17.6. The molecule has 2 aromatic carbocycles. The molecule has 0 aromatic heterocycles. The molecule has 1 N–H and O–H groups in total. The molecule has 7 heteroatoms. The molecule has 1 aliphatic heterocycles. The van der Waals surface area contributed by atoms with E-state index in [0.717, 1.165) is 22.9 Å². The standard InChI is InChI=1S/C24H28BNO5/c1-23(2)24(3,4)31-25(30-23)21(14-18-10-12-19(16-27)13-11-18)15-26-22(28)29-17-20-8-6-5-7-9-20/h5-14,16H,15,17H2,1-4H3,(H,26,28). The quantitative estimate of drug-likeness (QED) is 0.529. The van der Waals surface area contributed by atoms with Gasteiger partial charge in [-0.3, -0.25) is 4.79 Å². The van der Waals surface area contributed by atoms with Gasteiger partial charge in [-0.25, -0.2) is 4.79 Å². The third-order valence-electron chi connectivity index (χ3n) is 5.63. The lowest BCUT2D eigenvalue weighted by atomic mass is 9.77. The summed E-state index contributed by atoms with van der Waals surface area (Å²) >= 11 is 0. The van der Waals surface area contributed by atoms with Gasteiger partial charge in [0.05, 0.1) is 11.2 Å². The Labute approximate surface area is 183 Å². The van der Waals surface area contributed by atoms with Crippen LogP contribution in [-0.4, -0.2) is 37.2 Å². The fraction of sp³-hybridized carbons (Fsp3) is 0.333. The number of ether oxygens (including phenoxy) is 1. The summed E-state index contributed by atoms with van der Waals surface area (Å²) in [6.45, 7) is 8.29. The van der Waals surface area contributed by atoms with Crippen molar-refractivity contribution in [2.75, 3.05) is 6.54 Å². The highest BCUT2D eigenvalue weighted by Crippen LogP contribution is 2.38. The Hall–Kier alpha value is -2.90. The van der Waals surface area contributed by atoms with Crippen LogP contribution in [0.3, 0.4) is 0 Å². The molecule has 0 radical (unpaired) electrons. The predicted molar refractivity (Wildman–Crippen MR) is 121 cm³/mol. The molecule has 1 aliphatic rings. The van der Waals surface area contributed by atoms with Crippen molar-refractivity contribution in [2.24, 2.45) is 0 Å². The molecule has 1 fully saturated rings. The average molecular weight is 421 g/mol. The third-order valence-corrected chi connectivity index (χ3v) is 5.63. The number of amides is 1. The van der Waals surface area contributed by atoms with Gasteiger partial charge >= 0.3 is 13.2 Å². The normalized spacial score (nSPS) is 17.3. The van der Waals surface area contributed by atoms with Crippen molar-refractivity contribution in [1.29, 1.82) is 0 Å². The van der Waals surface area contributed by atoms with Gasteiger partial charge in [-0.15, -0.1) is 0 Å². The van der Waals surface area contributed by atoms with Crippen LogP contribution in [0.1, 0.15) is 49.2 Å². The maximum atomic E-state index is 12.2. The SMILES string of the molecule is CC1(C)OB(C(=Cc2ccc(C=O)cc2)CNC(=O)OCc2ccccc2)OC1(C)C. The number of nitrogens with one attached hydrogen (secondary N) is 1. The number of alkyl carbamates (subject to hydrolysis) is 1. The molecule has 0 atom stereocenters. The zero-order valence-corrected chi connectivity index (χ0v) is 18.4. The van der Waals surface area contributed by atoms with Gasteiger partial charge in [-0.2, -0.15) is 0 Å². The molecule has 6 nitrogen and oxygen atoms in total. The van der Waals surface area contributed by atoms with E-state index in [9.17, 15) is 9.59 Å². The molecule has 3 rings (SSSR count). The monoisotopic (exact) mass is 421 g/mol. The van der Waals surface area contributed by atoms with Gasteiger partial charge in [0.25, 0.3) is 0 Å². The van der Waals surface area contributed by atoms with E-state index in [1.165, 1.54) is 0 Å². The van der Waals surface area contributed by atoms with Crippen LogP contribution >= 0.6 is 0 Å². The van der Waals surface area contributed by atoms with E-state index in [-0.39, 0.29) is 13.2 Å². The smallest absolute Gasteiger partial charge is 0.445 e. The van der Waals surface area contributed by atoms with E-state index in [2.05, 4.69) is 5.32 Å². The van der Waals surface area contributed by atoms with Gasteiger partial charge in [-0.1, -0.05) is 60.7 Å². The van der Waals surface area contributed by atoms with Gasteiger partial charge in [0, 0.05) is 12.1 Å². The molecule has 0 bridgehead atoms. The molecular formula is C24H28BNO5. The number of hydrogen-bond acceptors (Lipinski definition) is 5. The number of hydrogen-bond donors (Lipinski definition) is 1. The van der Waals surface area contributed by atoms with Crippen LogP contribution in [0.15, 0.2) is 60.1 Å². The number of aldehydes is 1. The highest BCUT2D eigenvalue weighted by Gasteiger charge is 2.52. The van der Waals surface area contributed by atoms with Crippen molar-refractivity contribution in [3.63, 3.8) is 0 Å². The van der Waals surface area contributed by atoms with Crippen LogP contribution in [0.5, 0.6) is 0 Å². The first-order chi connectivity index (χ1) is 14.7. The lowest BCUT2D eigenvalue weighted by Crippen LogP contribution is -2.41. The van der Waals surface area contributed by atoms with E-state index >= 15 is 0 Å². The maximum absolute atomic E-state index is 12.2. The zero-order valence-electron chi connectivity index (χ0n) is 18.4. The first-order valence-electron chi connectivity index (χ1n) is 10.3. The van der Waals surface area contributed by atoms with Gasteiger partial charge < -0.3 is 19.4 Å². The van der Waals surface area contributed by atoms with Gasteiger partial charge in [0.1, 0.15) is 12.9 Å². The molecule has 162 valence electrons. The van der Waals surface area contributed by atoms with E-state index in [1.807, 2.05) is 76.2 Å². The maximum Gasteiger partial charge on any atom is 0.492 e. The van der Waals surface area contributed by atoms with Crippen molar-refractivity contribution in [1.82, 2.24) is 5.32 Å². The summed E-state index contributed by atoms with van der Waals surface area (Å²) in [6.07, 6.45) is 2.17. The van der Waals surface area contributed by atoms with Crippen molar-refractivity contribution in [3.8, 4) is 0 Å². The predicted octanol–water partition coefficient (Wildman–Crippen LogP) is 4.44. The number of benzene rings is 2. The summed E-state index contributed by atoms with van der Waals surface area (Å²) in [4.78, 5) is 23.2. The molecule has 1 saturated heterocycles. The molecule has 0 spiro atoms. The largest absolute Gasteiger partial charge is 0.492 e. The van der Waals surface area contributed by atoms with Gasteiger partial charge in [0.2, 0.25) is 0 Å². The minimum Gasteiger partial charge on any atom is -0.445 e. The second kappa shape index (κ2) is 9.50. The summed E-state index contributed by atoms with van der Waals surface area (Å²) in [5.74, 6) is 0. The lowest BCUT2D eigenvalue weighted by Gasteiger charge is -2.32. The fourth-order valence-corrected chi connectivity index (χ4v) is 3.03. The molecule has 0 unspecified atom stereocenters. The highest BCUT2D eigenvalue weighted by atomic mass is 16.7. The van der Waals surface area contributed by atoms with E-state index in [0.29, 0.717) is 5.56 Å². The molecule has 1 heterocycles. The highest BCUT2D eigenvalue weighted by molar-refractivity contribution is 6.56. The fourth-order valence-electron chi connectivity index (χ4n) is 3.03. The first kappa shape index (κ1) is 22.8. The van der Waals surface area contributed by atoms with E-state index < -0.39 is 24.4 Å². The van der Waals surface area contributed by atoms with Crippen LogP contribution in [0.25, 0.3) is 6.08 Å². The number of carbonyl (C=O) groups is 2. The molecule has 0 saturated carbocycles. The second-order valence-corrected chi connectivity index (χ2v) is 8.51. The van der Waals surface area contributed by atoms with Gasteiger partial charge in [0.15, 0.2) is 0 Å². The summed E-state index contributed by atoms with van der Waals surface area (Å²) in [7, 11) is -0.620. The average Bonchev–Trinajstić information content (AvgIpc) is 2.97. The Morgan fingerprint density at radius 1 is 0.968 bits per heavy atom. The lowest BCUT2D eigenvalue weighted by molar-refractivity contribution is 0.00578. The second-order valence-electron chi connectivity index (χ2n) is 8.51. The Bertz CT molecular complexity index is 922. The Morgan fingerprint density at radius 2 is 1.55 bits per heavy atom. The first-order valence-corrected chi connectivity index (χ1v) is 10.3. The van der Waals surface area contributed by atoms with E-state index in [1.54, 1.807) is 12.1 Å². The molecule has 1 amide bonds. The Balaban J connectivity index is 1.71. The molecule has 0 aliphatic carbocycles. The zero-order chi connectivity index (χ0) is 22.5. The minimum absolute atomic E-state index is 0.190. The summed E-state index contributed by atoms with van der Waals surface area (Å²) in [5, 5.41) is 2.78. The third kappa shape index (κ3) is 5.84. The Kier molecular flexibility index (Phi) is 6.98. The van der Waals surface area contributed by atoms with Gasteiger partial charge in [-0.05, 0) is 44.3 Å². The van der Waals surface area contributed by atoms with Crippen LogP contribution in [0.2, 0.25) is 0 Å². The van der Waals surface area contributed by atoms with Crippen LogP contribution in [0, 0.1) is 0 Å². The summed E-state index contributed by atoms with van der Waals surface area (Å²) in [6, 6.07) is 16.6. The molecule has 2 aromatic rings. The molecule has 31 heavy (non-hydrogen) atoms. The van der Waals surface area contributed by atoms with Crippen molar-refractivity contribution in [2.45, 2.75) is 45.5 Å². The van der Waals surface area contributed by atoms with Crippen molar-refractivity contribution in [3.05, 3.63) is 76.8 Å². The topological polar surface area (TPSA) is 73.9 Å².